The van der Waals surface area contributed by atoms with Crippen molar-refractivity contribution in [2.24, 2.45) is 0 Å². The van der Waals surface area contributed by atoms with Gasteiger partial charge in [-0.3, -0.25) is 4.79 Å². The van der Waals surface area contributed by atoms with Crippen molar-refractivity contribution in [3.05, 3.63) is 35.9 Å². The minimum absolute atomic E-state index is 0.00463. The molecule has 0 aliphatic rings. The Labute approximate surface area is 127 Å². The maximum absolute atomic E-state index is 11.8. The minimum atomic E-state index is -2.47. The van der Waals surface area contributed by atoms with Crippen molar-refractivity contribution >= 4 is 14.6 Å². The fourth-order valence-corrected chi connectivity index (χ4v) is 3.77. The van der Waals surface area contributed by atoms with E-state index in [2.05, 4.69) is 0 Å². The third kappa shape index (κ3) is 6.07. The van der Waals surface area contributed by atoms with E-state index in [0.717, 1.165) is 18.9 Å². The highest BCUT2D eigenvalue weighted by atomic mass is 28.4. The normalized spacial score (nSPS) is 11.6. The fourth-order valence-electron chi connectivity index (χ4n) is 1.97. The molecule has 0 heterocycles. The molecule has 6 heteroatoms. The largest absolute Gasteiger partial charge is 0.500 e. The quantitative estimate of drug-likeness (QED) is 0.357. The van der Waals surface area contributed by atoms with Gasteiger partial charge in [0, 0.05) is 39.5 Å². The Kier molecular flexibility index (Phi) is 8.40. The molecule has 5 nitrogen and oxygen atoms in total. The molecule has 0 unspecified atom stereocenters. The first-order valence-corrected chi connectivity index (χ1v) is 8.92. The van der Waals surface area contributed by atoms with Crippen LogP contribution in [0.5, 0.6) is 0 Å². The van der Waals surface area contributed by atoms with Crippen molar-refractivity contribution in [3.8, 4) is 0 Å². The van der Waals surface area contributed by atoms with Gasteiger partial charge in [-0.15, -0.1) is 0 Å². The predicted octanol–water partition coefficient (Wildman–Crippen LogP) is 2.54. The van der Waals surface area contributed by atoms with Crippen LogP contribution in [0.4, 0.5) is 0 Å². The maximum Gasteiger partial charge on any atom is 0.500 e. The molecule has 1 aromatic carbocycles. The molecule has 0 saturated heterocycles. The highest BCUT2D eigenvalue weighted by molar-refractivity contribution is 6.60. The van der Waals surface area contributed by atoms with E-state index >= 15 is 0 Å². The number of Topliss-reactive ketones (excluding diaryl/α,β-unsaturated/α-hetero) is 1. The van der Waals surface area contributed by atoms with E-state index in [1.165, 1.54) is 0 Å². The number of rotatable bonds is 11. The molecule has 1 aromatic rings. The lowest BCUT2D eigenvalue weighted by Gasteiger charge is -2.24. The lowest BCUT2D eigenvalue weighted by atomic mass is 10.1. The third-order valence-electron chi connectivity index (χ3n) is 3.28. The maximum atomic E-state index is 11.8. The molecule has 0 saturated carbocycles. The molecule has 0 radical (unpaired) electrons. The second-order valence-corrected chi connectivity index (χ2v) is 7.69. The number of carbonyl (C=O) groups is 1. The highest BCUT2D eigenvalue weighted by Crippen LogP contribution is 2.16. The van der Waals surface area contributed by atoms with Crippen molar-refractivity contribution in [2.45, 2.75) is 18.9 Å². The van der Waals surface area contributed by atoms with E-state index in [1.54, 1.807) is 33.5 Å². The summed E-state index contributed by atoms with van der Waals surface area (Å²) in [5.41, 5.74) is 0.682. The standard InChI is InChI=1S/C15H24O5Si/c1-17-21(18-2,19-3)12-8-7-11-20-13-15(16)14-9-5-4-6-10-14/h4-6,9-10H,7-8,11-13H2,1-3H3. The summed E-state index contributed by atoms with van der Waals surface area (Å²) in [6.07, 6.45) is 1.72. The highest BCUT2D eigenvalue weighted by Gasteiger charge is 2.36. The van der Waals surface area contributed by atoms with Crippen LogP contribution in [0.2, 0.25) is 6.04 Å². The van der Waals surface area contributed by atoms with Gasteiger partial charge in [0.1, 0.15) is 6.61 Å². The van der Waals surface area contributed by atoms with Crippen LogP contribution in [0.1, 0.15) is 23.2 Å². The molecule has 118 valence electrons. The van der Waals surface area contributed by atoms with Crippen molar-refractivity contribution in [2.75, 3.05) is 34.5 Å². The van der Waals surface area contributed by atoms with Gasteiger partial charge < -0.3 is 18.0 Å². The first-order valence-electron chi connectivity index (χ1n) is 6.99. The van der Waals surface area contributed by atoms with Crippen LogP contribution < -0.4 is 0 Å². The van der Waals surface area contributed by atoms with E-state index in [-0.39, 0.29) is 12.4 Å². The molecule has 0 N–H and O–H groups in total. The van der Waals surface area contributed by atoms with E-state index in [4.69, 9.17) is 18.0 Å². The Morgan fingerprint density at radius 1 is 1.00 bits per heavy atom. The third-order valence-corrected chi connectivity index (χ3v) is 6.12. The van der Waals surface area contributed by atoms with Crippen LogP contribution in [-0.4, -0.2) is 49.1 Å². The number of hydrogen-bond donors (Lipinski definition) is 0. The zero-order valence-corrected chi connectivity index (χ0v) is 14.0. The second kappa shape index (κ2) is 9.81. The lowest BCUT2D eigenvalue weighted by molar-refractivity contribution is 0.0748. The van der Waals surface area contributed by atoms with Gasteiger partial charge >= 0.3 is 8.80 Å². The van der Waals surface area contributed by atoms with Crippen LogP contribution in [0.25, 0.3) is 0 Å². The topological polar surface area (TPSA) is 54.0 Å². The van der Waals surface area contributed by atoms with Crippen LogP contribution in [0.15, 0.2) is 30.3 Å². The summed E-state index contributed by atoms with van der Waals surface area (Å²) in [5, 5.41) is 0. The van der Waals surface area contributed by atoms with E-state index in [0.29, 0.717) is 12.2 Å². The minimum Gasteiger partial charge on any atom is -0.377 e. The van der Waals surface area contributed by atoms with Crippen LogP contribution in [0, 0.1) is 0 Å². The van der Waals surface area contributed by atoms with Gasteiger partial charge in [0.15, 0.2) is 5.78 Å². The lowest BCUT2D eigenvalue weighted by Crippen LogP contribution is -2.42. The molecule has 0 aliphatic heterocycles. The summed E-state index contributed by atoms with van der Waals surface area (Å²) >= 11 is 0. The number of ketones is 1. The number of ether oxygens (including phenoxy) is 1. The van der Waals surface area contributed by atoms with Crippen LogP contribution >= 0.6 is 0 Å². The van der Waals surface area contributed by atoms with Crippen molar-refractivity contribution in [1.82, 2.24) is 0 Å². The molecule has 0 aliphatic carbocycles. The summed E-state index contributed by atoms with van der Waals surface area (Å²) in [6, 6.07) is 9.90. The van der Waals surface area contributed by atoms with Gasteiger partial charge in [-0.25, -0.2) is 0 Å². The Balaban J connectivity index is 2.16. The average Bonchev–Trinajstić information content (AvgIpc) is 2.55. The van der Waals surface area contributed by atoms with E-state index in [9.17, 15) is 4.79 Å². The molecule has 0 bridgehead atoms. The molecule has 1 rings (SSSR count). The van der Waals surface area contributed by atoms with E-state index in [1.807, 2.05) is 18.2 Å². The summed E-state index contributed by atoms with van der Waals surface area (Å²) < 4.78 is 21.4. The first kappa shape index (κ1) is 18.0. The summed E-state index contributed by atoms with van der Waals surface area (Å²) in [6.45, 7) is 0.658. The zero-order chi connectivity index (χ0) is 15.6. The van der Waals surface area contributed by atoms with Gasteiger partial charge in [0.05, 0.1) is 0 Å². The Morgan fingerprint density at radius 3 is 2.19 bits per heavy atom. The SMILES string of the molecule is CO[Si](CCCCOCC(=O)c1ccccc1)(OC)OC. The van der Waals surface area contributed by atoms with Crippen molar-refractivity contribution < 1.29 is 22.8 Å². The average molecular weight is 312 g/mol. The van der Waals surface area contributed by atoms with Crippen LogP contribution in [0.3, 0.4) is 0 Å². The number of unbranched alkanes of at least 4 members (excludes halogenated alkanes) is 1. The molecule has 0 fully saturated rings. The monoisotopic (exact) mass is 312 g/mol. The van der Waals surface area contributed by atoms with Gasteiger partial charge in [-0.2, -0.15) is 0 Å². The number of carbonyl (C=O) groups excluding carboxylic acids is 1. The molecule has 0 atom stereocenters. The van der Waals surface area contributed by atoms with Gasteiger partial charge in [-0.05, 0) is 12.8 Å². The second-order valence-electron chi connectivity index (χ2n) is 4.59. The number of benzene rings is 1. The molecule has 0 spiro atoms. The summed E-state index contributed by atoms with van der Waals surface area (Å²) in [5.74, 6) is 0.00463. The fraction of sp³-hybridized carbons (Fsp3) is 0.533. The molecule has 0 amide bonds. The van der Waals surface area contributed by atoms with Gasteiger partial charge in [-0.1, -0.05) is 30.3 Å². The van der Waals surface area contributed by atoms with Gasteiger partial charge in [0.2, 0.25) is 0 Å². The Bertz CT molecular complexity index is 398. The summed E-state index contributed by atoms with van der Waals surface area (Å²) in [4.78, 5) is 11.8. The molecular weight excluding hydrogens is 288 g/mol. The van der Waals surface area contributed by atoms with Crippen LogP contribution in [-0.2, 0) is 18.0 Å². The summed E-state index contributed by atoms with van der Waals surface area (Å²) in [7, 11) is 2.34. The van der Waals surface area contributed by atoms with Crippen molar-refractivity contribution in [1.29, 1.82) is 0 Å². The van der Waals surface area contributed by atoms with E-state index < -0.39 is 8.80 Å². The smallest absolute Gasteiger partial charge is 0.377 e. The molecule has 21 heavy (non-hydrogen) atoms. The van der Waals surface area contributed by atoms with Crippen molar-refractivity contribution in [3.63, 3.8) is 0 Å². The Morgan fingerprint density at radius 2 is 1.62 bits per heavy atom. The number of hydrogen-bond acceptors (Lipinski definition) is 5. The molecule has 0 aromatic heterocycles. The molecular formula is C15H24O5Si. The van der Waals surface area contributed by atoms with Gasteiger partial charge in [0.25, 0.3) is 0 Å². The Hall–Kier alpha value is -1.05. The predicted molar refractivity (Wildman–Crippen MR) is 82.4 cm³/mol. The first-order chi connectivity index (χ1) is 10.2. The zero-order valence-electron chi connectivity index (χ0n) is 13.0.